The van der Waals surface area contributed by atoms with Gasteiger partial charge in [0.05, 0.1) is 4.92 Å². The predicted molar refractivity (Wildman–Crippen MR) is 76.7 cm³/mol. The van der Waals surface area contributed by atoms with Gasteiger partial charge >= 0.3 is 0 Å². The number of carbonyl (C=O) groups is 1. The molecule has 0 amide bonds. The first kappa shape index (κ1) is 13.9. The Kier molecular flexibility index (Phi) is 4.25. The summed E-state index contributed by atoms with van der Waals surface area (Å²) in [5.41, 5.74) is 2.97. The van der Waals surface area contributed by atoms with E-state index in [4.69, 9.17) is 0 Å². The molecule has 102 valence electrons. The van der Waals surface area contributed by atoms with Crippen LogP contribution in [0, 0.1) is 17.0 Å². The molecular weight excluding hydrogens is 254 g/mol. The molecule has 0 unspecified atom stereocenters. The maximum absolute atomic E-state index is 12.0. The number of non-ortho nitro benzene ring substituents is 1. The summed E-state index contributed by atoms with van der Waals surface area (Å²) in [5.74, 6) is 0.101. The Morgan fingerprint density at radius 3 is 2.30 bits per heavy atom. The van der Waals surface area contributed by atoms with Crippen LogP contribution in [-0.4, -0.2) is 10.7 Å². The number of nitro groups is 1. The maximum Gasteiger partial charge on any atom is 0.269 e. The monoisotopic (exact) mass is 269 g/mol. The van der Waals surface area contributed by atoms with Gasteiger partial charge in [-0.3, -0.25) is 14.9 Å². The van der Waals surface area contributed by atoms with Crippen LogP contribution in [0.1, 0.15) is 16.7 Å². The first-order valence-electron chi connectivity index (χ1n) is 6.35. The second-order valence-corrected chi connectivity index (χ2v) is 4.80. The highest BCUT2D eigenvalue weighted by molar-refractivity contribution is 5.83. The molecule has 0 saturated carbocycles. The first-order valence-corrected chi connectivity index (χ1v) is 6.35. The van der Waals surface area contributed by atoms with E-state index in [1.165, 1.54) is 12.1 Å². The molecule has 2 rings (SSSR count). The van der Waals surface area contributed by atoms with E-state index in [1.54, 1.807) is 12.1 Å². The molecule has 2 aromatic rings. The Bertz CT molecular complexity index is 632. The second kappa shape index (κ2) is 6.10. The molecule has 4 nitrogen and oxygen atoms in total. The number of nitro benzene ring substituents is 1. The number of Topliss-reactive ketones (excluding diaryl/α,β-unsaturated/α-hetero) is 1. The zero-order valence-electron chi connectivity index (χ0n) is 11.2. The second-order valence-electron chi connectivity index (χ2n) is 4.80. The van der Waals surface area contributed by atoms with Crippen LogP contribution >= 0.6 is 0 Å². The number of hydrogen-bond donors (Lipinski definition) is 0. The Morgan fingerprint density at radius 1 is 1.05 bits per heavy atom. The van der Waals surface area contributed by atoms with E-state index in [1.807, 2.05) is 31.2 Å². The average Bonchev–Trinajstić information content (AvgIpc) is 2.39. The molecule has 2 aromatic carbocycles. The Morgan fingerprint density at radius 2 is 1.70 bits per heavy atom. The summed E-state index contributed by atoms with van der Waals surface area (Å²) < 4.78 is 0. The van der Waals surface area contributed by atoms with Crippen molar-refractivity contribution in [3.63, 3.8) is 0 Å². The molecule has 0 saturated heterocycles. The number of carbonyl (C=O) groups excluding carboxylic acids is 1. The molecule has 0 aliphatic rings. The van der Waals surface area contributed by atoms with Crippen molar-refractivity contribution in [1.82, 2.24) is 0 Å². The van der Waals surface area contributed by atoms with E-state index in [0.29, 0.717) is 12.8 Å². The fourth-order valence-electron chi connectivity index (χ4n) is 2.08. The molecule has 0 fully saturated rings. The lowest BCUT2D eigenvalue weighted by molar-refractivity contribution is -0.384. The summed E-state index contributed by atoms with van der Waals surface area (Å²) in [6.45, 7) is 1.99. The molecule has 0 spiro atoms. The third-order valence-electron chi connectivity index (χ3n) is 3.03. The number of aryl methyl sites for hydroxylation is 1. The van der Waals surface area contributed by atoms with Crippen molar-refractivity contribution in [3.8, 4) is 0 Å². The highest BCUT2D eigenvalue weighted by Gasteiger charge is 2.08. The van der Waals surface area contributed by atoms with E-state index in [-0.39, 0.29) is 11.5 Å². The van der Waals surface area contributed by atoms with E-state index in [9.17, 15) is 14.9 Å². The molecule has 0 N–H and O–H groups in total. The van der Waals surface area contributed by atoms with Crippen LogP contribution in [0.5, 0.6) is 0 Å². The number of rotatable bonds is 5. The SMILES string of the molecule is Cc1cccc(CC(=O)Cc2ccc([N+](=O)[O-])cc2)c1. The summed E-state index contributed by atoms with van der Waals surface area (Å²) in [4.78, 5) is 22.1. The quantitative estimate of drug-likeness (QED) is 0.618. The van der Waals surface area contributed by atoms with Gasteiger partial charge in [-0.2, -0.15) is 0 Å². The van der Waals surface area contributed by atoms with Gasteiger partial charge in [0.1, 0.15) is 5.78 Å². The fraction of sp³-hybridized carbons (Fsp3) is 0.188. The molecule has 0 aliphatic heterocycles. The van der Waals surface area contributed by atoms with Crippen molar-refractivity contribution in [2.24, 2.45) is 0 Å². The first-order chi connectivity index (χ1) is 9.54. The highest BCUT2D eigenvalue weighted by atomic mass is 16.6. The molecule has 0 aliphatic carbocycles. The van der Waals surface area contributed by atoms with Crippen LogP contribution in [-0.2, 0) is 17.6 Å². The average molecular weight is 269 g/mol. The summed E-state index contributed by atoms with van der Waals surface area (Å²) in [6.07, 6.45) is 0.685. The minimum atomic E-state index is -0.446. The van der Waals surface area contributed by atoms with Gasteiger partial charge in [-0.05, 0) is 18.1 Å². The molecule has 0 bridgehead atoms. The van der Waals surface area contributed by atoms with Crippen molar-refractivity contribution >= 4 is 11.5 Å². The summed E-state index contributed by atoms with van der Waals surface area (Å²) in [7, 11) is 0. The summed E-state index contributed by atoms with van der Waals surface area (Å²) in [5, 5.41) is 10.5. The van der Waals surface area contributed by atoms with Gasteiger partial charge < -0.3 is 0 Å². The van der Waals surface area contributed by atoms with Gasteiger partial charge in [0.25, 0.3) is 5.69 Å². The fourth-order valence-corrected chi connectivity index (χ4v) is 2.08. The van der Waals surface area contributed by atoms with Crippen molar-refractivity contribution in [2.45, 2.75) is 19.8 Å². The number of nitrogens with zero attached hydrogens (tertiary/aromatic N) is 1. The van der Waals surface area contributed by atoms with E-state index in [2.05, 4.69) is 0 Å². The predicted octanol–water partition coefficient (Wildman–Crippen LogP) is 3.26. The van der Waals surface area contributed by atoms with Crippen molar-refractivity contribution < 1.29 is 9.72 Å². The van der Waals surface area contributed by atoms with Crippen LogP contribution in [0.2, 0.25) is 0 Å². The molecule has 0 atom stereocenters. The van der Waals surface area contributed by atoms with Crippen LogP contribution in [0.25, 0.3) is 0 Å². The third-order valence-corrected chi connectivity index (χ3v) is 3.03. The van der Waals surface area contributed by atoms with Gasteiger partial charge in [-0.1, -0.05) is 42.0 Å². The number of ketones is 1. The normalized spacial score (nSPS) is 10.2. The Hall–Kier alpha value is -2.49. The molecule has 20 heavy (non-hydrogen) atoms. The summed E-state index contributed by atoms with van der Waals surface area (Å²) in [6, 6.07) is 14.0. The third kappa shape index (κ3) is 3.75. The van der Waals surface area contributed by atoms with Gasteiger partial charge in [0.15, 0.2) is 0 Å². The zero-order chi connectivity index (χ0) is 14.5. The van der Waals surface area contributed by atoms with Gasteiger partial charge in [-0.25, -0.2) is 0 Å². The number of hydrogen-bond acceptors (Lipinski definition) is 3. The molecule has 0 aromatic heterocycles. The Balaban J connectivity index is 1.99. The zero-order valence-corrected chi connectivity index (χ0v) is 11.2. The lowest BCUT2D eigenvalue weighted by atomic mass is 10.0. The van der Waals surface area contributed by atoms with Gasteiger partial charge in [0.2, 0.25) is 0 Å². The molecule has 0 radical (unpaired) electrons. The molecule has 4 heteroatoms. The van der Waals surface area contributed by atoms with Crippen LogP contribution in [0.15, 0.2) is 48.5 Å². The van der Waals surface area contributed by atoms with Crippen molar-refractivity contribution in [2.75, 3.05) is 0 Å². The summed E-state index contributed by atoms with van der Waals surface area (Å²) >= 11 is 0. The molecule has 0 heterocycles. The van der Waals surface area contributed by atoms with Gasteiger partial charge in [-0.15, -0.1) is 0 Å². The van der Waals surface area contributed by atoms with E-state index < -0.39 is 4.92 Å². The maximum atomic E-state index is 12.0. The minimum absolute atomic E-state index is 0.0416. The van der Waals surface area contributed by atoms with Crippen LogP contribution in [0.4, 0.5) is 5.69 Å². The smallest absolute Gasteiger partial charge is 0.269 e. The highest BCUT2D eigenvalue weighted by Crippen LogP contribution is 2.13. The van der Waals surface area contributed by atoms with E-state index >= 15 is 0 Å². The molecular formula is C16H15NO3. The Labute approximate surface area is 117 Å². The number of benzene rings is 2. The topological polar surface area (TPSA) is 60.2 Å². The van der Waals surface area contributed by atoms with E-state index in [0.717, 1.165) is 16.7 Å². The lowest BCUT2D eigenvalue weighted by Crippen LogP contribution is -2.06. The van der Waals surface area contributed by atoms with Crippen LogP contribution < -0.4 is 0 Å². The lowest BCUT2D eigenvalue weighted by Gasteiger charge is -2.03. The minimum Gasteiger partial charge on any atom is -0.299 e. The standard InChI is InChI=1S/C16H15NO3/c1-12-3-2-4-14(9-12)11-16(18)10-13-5-7-15(8-6-13)17(19)20/h2-9H,10-11H2,1H3. The largest absolute Gasteiger partial charge is 0.299 e. The van der Waals surface area contributed by atoms with Crippen molar-refractivity contribution in [3.05, 3.63) is 75.3 Å². The van der Waals surface area contributed by atoms with Crippen LogP contribution in [0.3, 0.4) is 0 Å². The van der Waals surface area contributed by atoms with Crippen molar-refractivity contribution in [1.29, 1.82) is 0 Å². The van der Waals surface area contributed by atoms with Gasteiger partial charge in [0, 0.05) is 25.0 Å².